The molecule has 2 spiro atoms. The molecular weight excluding hydrogens is 364 g/mol. The monoisotopic (exact) mass is 390 g/mol. The van der Waals surface area contributed by atoms with Crippen molar-refractivity contribution < 1.29 is 33.6 Å². The Bertz CT molecular complexity index is 867. The van der Waals surface area contributed by atoms with Gasteiger partial charge < -0.3 is 28.8 Å². The van der Waals surface area contributed by atoms with Crippen LogP contribution in [-0.4, -0.2) is 72.1 Å². The molecule has 28 heavy (non-hydrogen) atoms. The number of carbonyl (C=O) groups is 1. The lowest BCUT2D eigenvalue weighted by Crippen LogP contribution is -2.70. The minimum atomic E-state index is -0.823. The molecule has 0 aromatic heterocycles. The van der Waals surface area contributed by atoms with E-state index in [1.165, 1.54) is 0 Å². The van der Waals surface area contributed by atoms with Gasteiger partial charge in [-0.2, -0.15) is 0 Å². The Morgan fingerprint density at radius 3 is 2.71 bits per heavy atom. The summed E-state index contributed by atoms with van der Waals surface area (Å²) >= 11 is 0. The van der Waals surface area contributed by atoms with Crippen LogP contribution in [0.4, 0.5) is 0 Å². The molecule has 1 unspecified atom stereocenters. The second-order valence-electron chi connectivity index (χ2n) is 10.3. The molecule has 3 saturated heterocycles. The normalized spacial score (nSPS) is 62.1. The van der Waals surface area contributed by atoms with E-state index in [-0.39, 0.29) is 53.9 Å². The van der Waals surface area contributed by atoms with Gasteiger partial charge in [0.25, 0.3) is 0 Å². The Morgan fingerprint density at radius 2 is 2.00 bits per heavy atom. The first kappa shape index (κ1) is 16.8. The van der Waals surface area contributed by atoms with Gasteiger partial charge in [-0.05, 0) is 30.3 Å². The average molecular weight is 390 g/mol. The van der Waals surface area contributed by atoms with Crippen molar-refractivity contribution in [1.82, 2.24) is 0 Å². The summed E-state index contributed by atoms with van der Waals surface area (Å²) in [5, 5.41) is 10.9. The van der Waals surface area contributed by atoms with Gasteiger partial charge in [-0.15, -0.1) is 0 Å². The first-order chi connectivity index (χ1) is 13.3. The number of methoxy groups -OCH3 is 1. The topological polar surface area (TPSA) is 93.4 Å². The van der Waals surface area contributed by atoms with Crippen molar-refractivity contribution in [2.45, 2.75) is 80.9 Å². The zero-order valence-electron chi connectivity index (χ0n) is 16.6. The average Bonchev–Trinajstić information content (AvgIpc) is 3.52. The maximum Gasteiger partial charge on any atom is 0.337 e. The number of epoxide rings is 3. The zero-order valence-corrected chi connectivity index (χ0v) is 16.6. The molecule has 7 aliphatic rings. The number of rotatable bonds is 2. The number of carbonyl (C=O) groups excluding carboxylic acids is 1. The minimum absolute atomic E-state index is 0.00233. The fourth-order valence-corrected chi connectivity index (χ4v) is 8.12. The van der Waals surface area contributed by atoms with E-state index in [2.05, 4.69) is 20.8 Å². The van der Waals surface area contributed by atoms with Crippen molar-refractivity contribution in [2.75, 3.05) is 13.7 Å². The first-order valence-electron chi connectivity index (χ1n) is 10.4. The lowest BCUT2D eigenvalue weighted by atomic mass is 9.46. The molecule has 5 fully saturated rings. The Kier molecular flexibility index (Phi) is 2.62. The van der Waals surface area contributed by atoms with Crippen molar-refractivity contribution in [3.05, 3.63) is 11.1 Å². The molecule has 4 heterocycles. The van der Waals surface area contributed by atoms with E-state index in [1.54, 1.807) is 7.11 Å². The number of aliphatic hydroxyl groups is 1. The van der Waals surface area contributed by atoms with Crippen LogP contribution in [0.25, 0.3) is 0 Å². The Hall–Kier alpha value is -0.990. The molecule has 0 radical (unpaired) electrons. The fraction of sp³-hybridized carbons (Fsp3) is 0.857. The predicted octanol–water partition coefficient (Wildman–Crippen LogP) is 0.728. The highest BCUT2D eigenvalue weighted by molar-refractivity contribution is 5.93. The molecule has 0 aromatic carbocycles. The number of hydrogen-bond donors (Lipinski definition) is 1. The Balaban J connectivity index is 1.40. The van der Waals surface area contributed by atoms with Gasteiger partial charge in [-0.3, -0.25) is 0 Å². The summed E-state index contributed by atoms with van der Waals surface area (Å²) in [7, 11) is 1.74. The molecule has 0 aromatic rings. The zero-order chi connectivity index (χ0) is 19.4. The van der Waals surface area contributed by atoms with Gasteiger partial charge in [-0.1, -0.05) is 20.8 Å². The van der Waals surface area contributed by atoms with Crippen molar-refractivity contribution in [1.29, 1.82) is 0 Å². The Morgan fingerprint density at radius 1 is 1.21 bits per heavy atom. The molecule has 1 N–H and O–H groups in total. The molecule has 2 saturated carbocycles. The molecule has 4 aliphatic heterocycles. The van der Waals surface area contributed by atoms with Crippen LogP contribution in [0.3, 0.4) is 0 Å². The first-order valence-corrected chi connectivity index (χ1v) is 10.4. The second kappa shape index (κ2) is 4.37. The second-order valence-corrected chi connectivity index (χ2v) is 10.3. The summed E-state index contributed by atoms with van der Waals surface area (Å²) in [5.41, 5.74) is -0.368. The van der Waals surface area contributed by atoms with Crippen LogP contribution in [0, 0.1) is 17.3 Å². The van der Waals surface area contributed by atoms with Gasteiger partial charge in [0, 0.05) is 12.5 Å². The number of fused-ring (bicyclic) bond motifs is 4. The summed E-state index contributed by atoms with van der Waals surface area (Å²) in [6.07, 6.45) is 0.216. The third kappa shape index (κ3) is 1.33. The predicted molar refractivity (Wildman–Crippen MR) is 93.3 cm³/mol. The maximum absolute atomic E-state index is 12.2. The summed E-state index contributed by atoms with van der Waals surface area (Å²) in [6, 6.07) is 0. The maximum atomic E-state index is 12.2. The highest BCUT2D eigenvalue weighted by Crippen LogP contribution is 2.83. The number of cyclic esters (lactones) is 1. The fourth-order valence-electron chi connectivity index (χ4n) is 8.12. The van der Waals surface area contributed by atoms with Crippen molar-refractivity contribution in [3.8, 4) is 0 Å². The molecule has 7 rings (SSSR count). The van der Waals surface area contributed by atoms with Crippen molar-refractivity contribution >= 4 is 5.97 Å². The number of aliphatic hydroxyl groups excluding tert-OH is 1. The van der Waals surface area contributed by atoms with Gasteiger partial charge in [0.05, 0.1) is 17.8 Å². The highest BCUT2D eigenvalue weighted by atomic mass is 16.8. The lowest BCUT2D eigenvalue weighted by molar-refractivity contribution is -0.137. The third-order valence-electron chi connectivity index (χ3n) is 9.29. The molecule has 152 valence electrons. The molecule has 0 amide bonds. The van der Waals surface area contributed by atoms with Crippen molar-refractivity contribution in [3.63, 3.8) is 0 Å². The van der Waals surface area contributed by atoms with Crippen LogP contribution in [0.2, 0.25) is 0 Å². The number of hydrogen-bond acceptors (Lipinski definition) is 7. The highest BCUT2D eigenvalue weighted by Gasteiger charge is 3.00. The molecule has 10 atom stereocenters. The van der Waals surface area contributed by atoms with Crippen LogP contribution >= 0.6 is 0 Å². The van der Waals surface area contributed by atoms with E-state index < -0.39 is 17.3 Å². The van der Waals surface area contributed by atoms with Gasteiger partial charge in [0.2, 0.25) is 0 Å². The van der Waals surface area contributed by atoms with E-state index >= 15 is 0 Å². The van der Waals surface area contributed by atoms with E-state index in [4.69, 9.17) is 23.7 Å². The number of esters is 1. The van der Waals surface area contributed by atoms with Crippen LogP contribution in [0.15, 0.2) is 11.1 Å². The van der Waals surface area contributed by atoms with E-state index in [1.807, 2.05) is 0 Å². The number of ether oxygens (including phenoxy) is 5. The van der Waals surface area contributed by atoms with Gasteiger partial charge in [0.15, 0.2) is 5.60 Å². The van der Waals surface area contributed by atoms with E-state index in [0.717, 1.165) is 12.0 Å². The molecule has 7 heteroatoms. The third-order valence-corrected chi connectivity index (χ3v) is 9.29. The minimum Gasteiger partial charge on any atom is -0.458 e. The van der Waals surface area contributed by atoms with Crippen molar-refractivity contribution in [2.24, 2.45) is 17.3 Å². The van der Waals surface area contributed by atoms with Crippen LogP contribution in [0.5, 0.6) is 0 Å². The SMILES string of the molecule is CO[C@@H]1[C@@]2(C(C)C)O[C@H]2[C@@H]2O[C@]23[C@]12O[C@H]2C[C@H]1C2=C(C(=O)OC2)C(O)C[C@@]13C. The Labute approximate surface area is 163 Å². The molecule has 0 bridgehead atoms. The summed E-state index contributed by atoms with van der Waals surface area (Å²) in [4.78, 5) is 12.2. The standard InChI is InChI=1S/C21H26O7/c1-8(2)19-14(27-19)15-21(28-15)18(3)6-11(22)13-9(7-25-16(13)23)10(18)5-12-20(21,26-12)17(19)24-4/h8,10-12,14-15,17,22H,5-7H2,1-4H3/t10-,11?,12-,14-,15-,17+,18-,19-,20+,21+/m0/s1. The smallest absolute Gasteiger partial charge is 0.337 e. The van der Waals surface area contributed by atoms with Gasteiger partial charge >= 0.3 is 5.97 Å². The van der Waals surface area contributed by atoms with E-state index in [0.29, 0.717) is 17.9 Å². The summed E-state index contributed by atoms with van der Waals surface area (Å²) < 4.78 is 30.8. The van der Waals surface area contributed by atoms with Crippen LogP contribution in [-0.2, 0) is 28.5 Å². The van der Waals surface area contributed by atoms with Gasteiger partial charge in [-0.25, -0.2) is 4.79 Å². The van der Waals surface area contributed by atoms with Crippen LogP contribution < -0.4 is 0 Å². The van der Waals surface area contributed by atoms with Gasteiger partial charge in [0.1, 0.15) is 36.1 Å². The van der Waals surface area contributed by atoms with E-state index in [9.17, 15) is 9.90 Å². The largest absolute Gasteiger partial charge is 0.458 e. The summed E-state index contributed by atoms with van der Waals surface area (Å²) in [5.74, 6) is 0.0268. The quantitative estimate of drug-likeness (QED) is 0.549. The molecular formula is C21H26O7. The summed E-state index contributed by atoms with van der Waals surface area (Å²) in [6.45, 7) is 6.82. The lowest BCUT2D eigenvalue weighted by Gasteiger charge is -2.54. The van der Waals surface area contributed by atoms with Crippen LogP contribution in [0.1, 0.15) is 33.6 Å². The molecule has 7 nitrogen and oxygen atoms in total. The molecule has 3 aliphatic carbocycles.